The second-order valence-corrected chi connectivity index (χ2v) is 22.1. The van der Waals surface area contributed by atoms with Crippen molar-refractivity contribution in [3.8, 4) is 11.5 Å². The van der Waals surface area contributed by atoms with Crippen molar-refractivity contribution < 1.29 is 17.8 Å². The van der Waals surface area contributed by atoms with E-state index in [4.69, 9.17) is 13.0 Å². The van der Waals surface area contributed by atoms with E-state index < -0.39 is 17.1 Å². The van der Waals surface area contributed by atoms with Crippen LogP contribution in [0.5, 0.6) is 11.5 Å². The van der Waals surface area contributed by atoms with Gasteiger partial charge in [0, 0.05) is 25.7 Å². The van der Waals surface area contributed by atoms with Gasteiger partial charge in [0.25, 0.3) is 0 Å². The Morgan fingerprint density at radius 1 is 0.655 bits per heavy atom. The SMILES string of the molecule is CC(C)(C)[Si]1(C(C)(C)C)Oc2ccc(C=O)cc2O[Si](C(C)(C)C)(C(C)(C)C)O1. The Hall–Kier alpha value is -1.12. The molecule has 0 bridgehead atoms. The minimum absolute atomic E-state index is 0.200. The topological polar surface area (TPSA) is 44.8 Å². The van der Waals surface area contributed by atoms with Crippen molar-refractivity contribution in [1.29, 1.82) is 0 Å². The molecule has 1 aliphatic heterocycles. The number of rotatable bonds is 1. The lowest BCUT2D eigenvalue weighted by Crippen LogP contribution is -2.70. The van der Waals surface area contributed by atoms with Crippen LogP contribution in [0, 0.1) is 0 Å². The maximum absolute atomic E-state index is 11.5. The molecule has 164 valence electrons. The minimum Gasteiger partial charge on any atom is -0.517 e. The summed E-state index contributed by atoms with van der Waals surface area (Å²) in [4.78, 5) is 11.5. The van der Waals surface area contributed by atoms with Crippen molar-refractivity contribution in [1.82, 2.24) is 0 Å². The van der Waals surface area contributed by atoms with Crippen LogP contribution < -0.4 is 8.85 Å². The second kappa shape index (κ2) is 6.96. The van der Waals surface area contributed by atoms with Gasteiger partial charge in [0.15, 0.2) is 0 Å². The van der Waals surface area contributed by atoms with E-state index in [9.17, 15) is 4.79 Å². The lowest BCUT2D eigenvalue weighted by atomic mass is 10.2. The van der Waals surface area contributed by atoms with E-state index in [2.05, 4.69) is 83.1 Å². The summed E-state index contributed by atoms with van der Waals surface area (Å²) in [6, 6.07) is 5.47. The van der Waals surface area contributed by atoms with Crippen LogP contribution >= 0.6 is 0 Å². The highest BCUT2D eigenvalue weighted by Gasteiger charge is 2.71. The summed E-state index contributed by atoms with van der Waals surface area (Å²) in [7, 11) is -5.88. The number of benzene rings is 1. The smallest absolute Gasteiger partial charge is 0.402 e. The molecule has 0 unspecified atom stereocenters. The van der Waals surface area contributed by atoms with E-state index in [1.165, 1.54) is 0 Å². The summed E-state index contributed by atoms with van der Waals surface area (Å²) in [6.07, 6.45) is 0.852. The van der Waals surface area contributed by atoms with Crippen molar-refractivity contribution in [2.24, 2.45) is 0 Å². The third-order valence-electron chi connectivity index (χ3n) is 5.85. The van der Waals surface area contributed by atoms with Gasteiger partial charge < -0.3 is 13.0 Å². The molecule has 4 nitrogen and oxygen atoms in total. The molecule has 1 heterocycles. The Morgan fingerprint density at radius 3 is 1.38 bits per heavy atom. The monoisotopic (exact) mass is 436 g/mol. The maximum Gasteiger partial charge on any atom is 0.402 e. The number of hydrogen-bond donors (Lipinski definition) is 0. The molecule has 0 fully saturated rings. The summed E-state index contributed by atoms with van der Waals surface area (Å²) in [5.74, 6) is 1.32. The van der Waals surface area contributed by atoms with Crippen LogP contribution in [-0.4, -0.2) is 23.4 Å². The molecule has 0 radical (unpaired) electrons. The fraction of sp³-hybridized carbons (Fsp3) is 0.696. The molecule has 0 saturated heterocycles. The van der Waals surface area contributed by atoms with Gasteiger partial charge in [0.05, 0.1) is 0 Å². The zero-order chi connectivity index (χ0) is 22.7. The maximum atomic E-state index is 11.5. The molecule has 6 heteroatoms. The molecule has 0 N–H and O–H groups in total. The summed E-state index contributed by atoms with van der Waals surface area (Å²) in [5, 5.41) is -0.840. The minimum atomic E-state index is -2.96. The molecular weight excluding hydrogens is 396 g/mol. The normalized spacial score (nSPS) is 19.4. The number of carbonyl (C=O) groups excluding carboxylic acids is 1. The zero-order valence-electron chi connectivity index (χ0n) is 20.4. The van der Waals surface area contributed by atoms with Gasteiger partial charge in [-0.05, 0) is 18.2 Å². The Morgan fingerprint density at radius 2 is 1.03 bits per heavy atom. The third-order valence-corrected chi connectivity index (χ3v) is 17.1. The highest BCUT2D eigenvalue weighted by molar-refractivity contribution is 6.87. The van der Waals surface area contributed by atoms with Crippen LogP contribution in [0.15, 0.2) is 18.2 Å². The quantitative estimate of drug-likeness (QED) is 0.340. The first-order chi connectivity index (χ1) is 12.8. The molecule has 1 aliphatic rings. The van der Waals surface area contributed by atoms with Crippen LogP contribution in [0.25, 0.3) is 0 Å². The molecule has 29 heavy (non-hydrogen) atoms. The molecule has 1 aromatic rings. The first-order valence-electron chi connectivity index (χ1n) is 10.5. The van der Waals surface area contributed by atoms with Crippen LogP contribution in [0.4, 0.5) is 0 Å². The van der Waals surface area contributed by atoms with E-state index >= 15 is 0 Å². The molecule has 1 aromatic carbocycles. The standard InChI is InChI=1S/C23H40O4Si2/c1-20(2,3)28(21(4,5)6)25-18-14-13-17(16-24)15-19(18)26-29(27-28,22(7,8)9)23(10,11)12/h13-16H,1-12H3. The summed E-state index contributed by atoms with van der Waals surface area (Å²) >= 11 is 0. The number of carbonyl (C=O) groups is 1. The fourth-order valence-corrected chi connectivity index (χ4v) is 18.3. The average molecular weight is 437 g/mol. The Balaban J connectivity index is 2.99. The van der Waals surface area contributed by atoms with E-state index in [1.807, 2.05) is 6.07 Å². The van der Waals surface area contributed by atoms with E-state index in [-0.39, 0.29) is 20.2 Å². The van der Waals surface area contributed by atoms with Crippen molar-refractivity contribution >= 4 is 23.4 Å². The Bertz CT molecular complexity index is 746. The largest absolute Gasteiger partial charge is 0.517 e. The van der Waals surface area contributed by atoms with Gasteiger partial charge in [0.2, 0.25) is 0 Å². The Kier molecular flexibility index (Phi) is 5.79. The molecule has 0 aromatic heterocycles. The van der Waals surface area contributed by atoms with Gasteiger partial charge in [-0.3, -0.25) is 4.79 Å². The zero-order valence-corrected chi connectivity index (χ0v) is 22.4. The van der Waals surface area contributed by atoms with E-state index in [0.717, 1.165) is 6.29 Å². The van der Waals surface area contributed by atoms with Crippen molar-refractivity contribution in [2.75, 3.05) is 0 Å². The molecule has 0 aliphatic carbocycles. The molecule has 2 rings (SSSR count). The number of aldehydes is 1. The summed E-state index contributed by atoms with van der Waals surface area (Å²) < 4.78 is 21.3. The van der Waals surface area contributed by atoms with Crippen molar-refractivity contribution in [3.63, 3.8) is 0 Å². The van der Waals surface area contributed by atoms with Crippen LogP contribution in [0.2, 0.25) is 20.2 Å². The number of hydrogen-bond acceptors (Lipinski definition) is 4. The van der Waals surface area contributed by atoms with Crippen molar-refractivity contribution in [3.05, 3.63) is 23.8 Å². The summed E-state index contributed by atoms with van der Waals surface area (Å²) in [5.41, 5.74) is 0.582. The van der Waals surface area contributed by atoms with E-state index in [1.54, 1.807) is 12.1 Å². The molecule has 0 atom stereocenters. The Labute approximate surface area is 179 Å². The highest BCUT2D eigenvalue weighted by Crippen LogP contribution is 2.62. The highest BCUT2D eigenvalue weighted by atomic mass is 28.5. The van der Waals surface area contributed by atoms with Crippen LogP contribution in [0.3, 0.4) is 0 Å². The van der Waals surface area contributed by atoms with E-state index in [0.29, 0.717) is 17.1 Å². The molecule has 0 saturated carbocycles. The number of fused-ring (bicyclic) bond motifs is 1. The van der Waals surface area contributed by atoms with Crippen LogP contribution in [-0.2, 0) is 4.12 Å². The lowest BCUT2D eigenvalue weighted by Gasteiger charge is -2.56. The molecule has 0 spiro atoms. The van der Waals surface area contributed by atoms with Gasteiger partial charge in [-0.1, -0.05) is 83.1 Å². The predicted molar refractivity (Wildman–Crippen MR) is 125 cm³/mol. The molecule has 0 amide bonds. The van der Waals surface area contributed by atoms with Gasteiger partial charge in [-0.2, -0.15) is 0 Å². The van der Waals surface area contributed by atoms with Gasteiger partial charge >= 0.3 is 17.1 Å². The van der Waals surface area contributed by atoms with Gasteiger partial charge in [-0.25, -0.2) is 0 Å². The second-order valence-electron chi connectivity index (χ2n) is 12.4. The lowest BCUT2D eigenvalue weighted by molar-refractivity contribution is 0.112. The fourth-order valence-electron chi connectivity index (χ4n) is 4.79. The summed E-state index contributed by atoms with van der Waals surface area (Å²) in [6.45, 7) is 26.6. The molecular formula is C23H40O4Si2. The predicted octanol–water partition coefficient (Wildman–Crippen LogP) is 7.37. The third kappa shape index (κ3) is 3.84. The van der Waals surface area contributed by atoms with Gasteiger partial charge in [-0.15, -0.1) is 0 Å². The average Bonchev–Trinajstić information content (AvgIpc) is 2.67. The van der Waals surface area contributed by atoms with Gasteiger partial charge in [0.1, 0.15) is 17.8 Å². The van der Waals surface area contributed by atoms with Crippen molar-refractivity contribution in [2.45, 2.75) is 103 Å². The first-order valence-corrected chi connectivity index (χ1v) is 14.1. The van der Waals surface area contributed by atoms with Crippen LogP contribution in [0.1, 0.15) is 93.4 Å². The first kappa shape index (κ1) is 24.2.